The average molecular weight is 466 g/mol. The number of hydrogen-bond donors (Lipinski definition) is 0. The van der Waals surface area contributed by atoms with Crippen molar-refractivity contribution in [2.24, 2.45) is 0 Å². The van der Waals surface area contributed by atoms with Gasteiger partial charge in [-0.25, -0.2) is 0 Å². The molecule has 0 bridgehead atoms. The lowest BCUT2D eigenvalue weighted by Gasteiger charge is -2.32. The third kappa shape index (κ3) is 2.42. The molecule has 36 heavy (non-hydrogen) atoms. The molecule has 3 heteroatoms. The number of hydrogen-bond acceptors (Lipinski definition) is 2. The maximum absolute atomic E-state index is 12.0. The molecule has 0 fully saturated rings. The van der Waals surface area contributed by atoms with E-state index in [1.54, 1.807) is 12.1 Å². The van der Waals surface area contributed by atoms with Crippen LogP contribution in [0.1, 0.15) is 35.1 Å². The predicted octanol–water partition coefficient (Wildman–Crippen LogP) is 6.51. The predicted molar refractivity (Wildman–Crippen MR) is 146 cm³/mol. The van der Waals surface area contributed by atoms with Crippen LogP contribution in [0.3, 0.4) is 0 Å². The van der Waals surface area contributed by atoms with Crippen molar-refractivity contribution in [2.75, 3.05) is 0 Å². The quantitative estimate of drug-likeness (QED) is 0.250. The van der Waals surface area contributed by atoms with Crippen LogP contribution in [0.5, 0.6) is 0 Å². The molecule has 0 saturated carbocycles. The van der Waals surface area contributed by atoms with E-state index in [0.717, 1.165) is 40.0 Å². The molecule has 172 valence electrons. The first kappa shape index (κ1) is 20.8. The van der Waals surface area contributed by atoms with Crippen LogP contribution >= 0.6 is 0 Å². The molecule has 3 aliphatic rings. The molecular weight excluding hydrogens is 442 g/mol. The lowest BCUT2D eigenvalue weighted by molar-refractivity contribution is -0.384. The first-order chi connectivity index (χ1) is 17.5. The first-order valence-electron chi connectivity index (χ1n) is 12.2. The number of nitro groups is 1. The highest BCUT2D eigenvalue weighted by Gasteiger charge is 2.52. The van der Waals surface area contributed by atoms with E-state index in [1.165, 1.54) is 33.4 Å². The van der Waals surface area contributed by atoms with E-state index in [0.29, 0.717) is 5.56 Å². The molecule has 0 saturated heterocycles. The van der Waals surface area contributed by atoms with Crippen LogP contribution in [0.25, 0.3) is 41.0 Å². The summed E-state index contributed by atoms with van der Waals surface area (Å²) in [6.45, 7) is 8.88. The minimum atomic E-state index is -0.479. The summed E-state index contributed by atoms with van der Waals surface area (Å²) in [5, 5.41) is 13.5. The highest BCUT2D eigenvalue weighted by atomic mass is 16.6. The molecule has 1 unspecified atom stereocenters. The molecule has 0 aliphatic heterocycles. The molecular formula is C33H23NO2. The zero-order valence-electron chi connectivity index (χ0n) is 19.8. The van der Waals surface area contributed by atoms with Crippen molar-refractivity contribution in [3.63, 3.8) is 0 Å². The van der Waals surface area contributed by atoms with Crippen LogP contribution < -0.4 is 10.4 Å². The molecule has 4 aromatic carbocycles. The van der Waals surface area contributed by atoms with Gasteiger partial charge in [0.2, 0.25) is 0 Å². The third-order valence-electron chi connectivity index (χ3n) is 8.18. The molecule has 3 aliphatic carbocycles. The SMILES string of the molecule is C=c1c(-c2ccccc2[N+](=O)[O-])cc2c(c1=C)-c1ccccc1C21C2=C(CCC=C2)c2ccccc21. The number of nitrogens with zero attached hydrogens (tertiary/aromatic N) is 1. The molecule has 0 amide bonds. The fraction of sp³-hybridized carbons (Fsp3) is 0.0909. The van der Waals surface area contributed by atoms with Gasteiger partial charge in [-0.15, -0.1) is 0 Å². The van der Waals surface area contributed by atoms with Crippen molar-refractivity contribution >= 4 is 24.4 Å². The summed E-state index contributed by atoms with van der Waals surface area (Å²) >= 11 is 0. The standard InChI is InChI=1S/C33H23NO2/c1-20-21(2)32-25-14-5-9-17-29(25)33(27-15-7-3-11-22(27)23-12-4-8-16-28(23)33)30(32)19-26(20)24-13-6-10-18-31(24)34(35)36/h3,5-11,13-19H,1-2,4,12H2. The number of fused-ring (bicyclic) bond motifs is 9. The van der Waals surface area contributed by atoms with Crippen molar-refractivity contribution in [2.45, 2.75) is 18.3 Å². The Balaban J connectivity index is 1.67. The Morgan fingerprint density at radius 1 is 0.750 bits per heavy atom. The van der Waals surface area contributed by atoms with Crippen molar-refractivity contribution < 1.29 is 4.92 Å². The Kier molecular flexibility index (Phi) is 4.20. The Morgan fingerprint density at radius 2 is 1.39 bits per heavy atom. The van der Waals surface area contributed by atoms with Gasteiger partial charge in [-0.05, 0) is 85.5 Å². The van der Waals surface area contributed by atoms with Gasteiger partial charge in [0.05, 0.1) is 15.9 Å². The maximum Gasteiger partial charge on any atom is 0.277 e. The monoisotopic (exact) mass is 465 g/mol. The summed E-state index contributed by atoms with van der Waals surface area (Å²) < 4.78 is 0. The van der Waals surface area contributed by atoms with Gasteiger partial charge in [0, 0.05) is 6.07 Å². The number of allylic oxidation sites excluding steroid dienone is 4. The van der Waals surface area contributed by atoms with Crippen LogP contribution in [0.15, 0.2) is 96.6 Å². The van der Waals surface area contributed by atoms with Gasteiger partial charge in [-0.3, -0.25) is 10.1 Å². The Bertz CT molecular complexity index is 1810. The summed E-state index contributed by atoms with van der Waals surface area (Å²) in [6.07, 6.45) is 6.61. The fourth-order valence-corrected chi connectivity index (χ4v) is 6.75. The van der Waals surface area contributed by atoms with Crippen LogP contribution in [-0.2, 0) is 5.41 Å². The minimum Gasteiger partial charge on any atom is -0.258 e. The third-order valence-corrected chi connectivity index (χ3v) is 8.18. The van der Waals surface area contributed by atoms with Crippen molar-refractivity contribution in [1.82, 2.24) is 0 Å². The number of rotatable bonds is 2. The summed E-state index contributed by atoms with van der Waals surface area (Å²) in [4.78, 5) is 11.6. The van der Waals surface area contributed by atoms with E-state index in [2.05, 4.69) is 79.9 Å². The minimum absolute atomic E-state index is 0.0793. The number of nitro benzene ring substituents is 1. The van der Waals surface area contributed by atoms with E-state index in [4.69, 9.17) is 0 Å². The van der Waals surface area contributed by atoms with E-state index in [9.17, 15) is 10.1 Å². The van der Waals surface area contributed by atoms with Crippen molar-refractivity contribution in [3.05, 3.63) is 139 Å². The summed E-state index contributed by atoms with van der Waals surface area (Å²) in [5.74, 6) is 0. The summed E-state index contributed by atoms with van der Waals surface area (Å²) in [6, 6.07) is 26.4. The van der Waals surface area contributed by atoms with Gasteiger partial charge < -0.3 is 0 Å². The van der Waals surface area contributed by atoms with Gasteiger partial charge in [0.1, 0.15) is 0 Å². The molecule has 7 rings (SSSR count). The second kappa shape index (κ2) is 7.25. The Morgan fingerprint density at radius 3 is 2.14 bits per heavy atom. The molecule has 0 aromatic heterocycles. The van der Waals surface area contributed by atoms with E-state index in [1.807, 2.05) is 12.1 Å². The zero-order valence-corrected chi connectivity index (χ0v) is 19.8. The summed E-state index contributed by atoms with van der Waals surface area (Å²) in [5.41, 5.74) is 10.9. The smallest absolute Gasteiger partial charge is 0.258 e. The number of benzene rings is 4. The van der Waals surface area contributed by atoms with E-state index in [-0.39, 0.29) is 10.6 Å². The lowest BCUT2D eigenvalue weighted by Crippen LogP contribution is -2.31. The molecule has 3 nitrogen and oxygen atoms in total. The highest BCUT2D eigenvalue weighted by molar-refractivity contribution is 5.97. The van der Waals surface area contributed by atoms with Crippen LogP contribution in [0.2, 0.25) is 0 Å². The van der Waals surface area contributed by atoms with E-state index >= 15 is 0 Å². The van der Waals surface area contributed by atoms with Crippen LogP contribution in [0, 0.1) is 10.1 Å². The molecule has 0 radical (unpaired) electrons. The molecule has 0 heterocycles. The van der Waals surface area contributed by atoms with Gasteiger partial charge in [-0.1, -0.05) is 86.0 Å². The first-order valence-corrected chi connectivity index (χ1v) is 12.2. The molecule has 0 N–H and O–H groups in total. The topological polar surface area (TPSA) is 43.1 Å². The number of para-hydroxylation sites is 1. The van der Waals surface area contributed by atoms with Crippen LogP contribution in [-0.4, -0.2) is 4.92 Å². The average Bonchev–Trinajstić information content (AvgIpc) is 3.38. The van der Waals surface area contributed by atoms with Gasteiger partial charge in [-0.2, -0.15) is 0 Å². The normalized spacial score (nSPS) is 18.7. The van der Waals surface area contributed by atoms with Gasteiger partial charge in [0.25, 0.3) is 5.69 Å². The van der Waals surface area contributed by atoms with Crippen molar-refractivity contribution in [3.8, 4) is 22.3 Å². The van der Waals surface area contributed by atoms with Crippen LogP contribution in [0.4, 0.5) is 5.69 Å². The molecule has 1 atom stereocenters. The van der Waals surface area contributed by atoms with E-state index < -0.39 is 5.41 Å². The second-order valence-corrected chi connectivity index (χ2v) is 9.75. The Hall–Kier alpha value is -4.50. The van der Waals surface area contributed by atoms with Gasteiger partial charge >= 0.3 is 0 Å². The largest absolute Gasteiger partial charge is 0.277 e. The molecule has 4 aromatic rings. The lowest BCUT2D eigenvalue weighted by atomic mass is 9.68. The second-order valence-electron chi connectivity index (χ2n) is 9.75. The zero-order chi connectivity index (χ0) is 24.6. The van der Waals surface area contributed by atoms with Crippen molar-refractivity contribution in [1.29, 1.82) is 0 Å². The van der Waals surface area contributed by atoms with Gasteiger partial charge in [0.15, 0.2) is 0 Å². The fourth-order valence-electron chi connectivity index (χ4n) is 6.75. The summed E-state index contributed by atoms with van der Waals surface area (Å²) in [7, 11) is 0. The highest BCUT2D eigenvalue weighted by Crippen LogP contribution is 2.62. The Labute approximate surface area is 209 Å². The molecule has 1 spiro atoms. The maximum atomic E-state index is 12.0.